The van der Waals surface area contributed by atoms with E-state index in [0.717, 1.165) is 17.5 Å². The topological polar surface area (TPSA) is 49.3 Å². The summed E-state index contributed by atoms with van der Waals surface area (Å²) >= 11 is 0. The summed E-state index contributed by atoms with van der Waals surface area (Å²) in [5, 5.41) is 11.9. The van der Waals surface area contributed by atoms with E-state index in [4.69, 9.17) is 0 Å². The Morgan fingerprint density at radius 2 is 2.04 bits per heavy atom. The van der Waals surface area contributed by atoms with Crippen LogP contribution in [0.15, 0.2) is 24.3 Å². The Bertz CT molecular complexity index is 613. The van der Waals surface area contributed by atoms with Gasteiger partial charge in [0.25, 0.3) is 0 Å². The highest BCUT2D eigenvalue weighted by Gasteiger charge is 2.38. The molecule has 1 rings (SSSR count). The molecule has 0 spiro atoms. The molecule has 0 bridgehead atoms. The summed E-state index contributed by atoms with van der Waals surface area (Å²) in [6.45, 7) is 3.59. The van der Waals surface area contributed by atoms with Gasteiger partial charge in [-0.05, 0) is 43.9 Å². The number of benzene rings is 1. The number of rotatable bonds is 6. The Morgan fingerprint density at radius 3 is 2.67 bits per heavy atom. The number of halogens is 3. The number of aliphatic hydroxyl groups is 1. The van der Waals surface area contributed by atoms with E-state index in [2.05, 4.69) is 11.8 Å². The zero-order valence-corrected chi connectivity index (χ0v) is 13.8. The average Bonchev–Trinajstić information content (AvgIpc) is 2.49. The Balaban J connectivity index is 2.55. The molecule has 1 aromatic rings. The Labute approximate surface area is 140 Å². The molecule has 0 saturated heterocycles. The van der Waals surface area contributed by atoms with Crippen LogP contribution >= 0.6 is 0 Å². The van der Waals surface area contributed by atoms with E-state index in [1.165, 1.54) is 0 Å². The minimum atomic E-state index is -4.84. The molecule has 132 valence electrons. The maximum atomic E-state index is 12.0. The molecule has 1 amide bonds. The van der Waals surface area contributed by atoms with E-state index in [1.54, 1.807) is 6.92 Å². The van der Waals surface area contributed by atoms with Crippen LogP contribution in [0.25, 0.3) is 0 Å². The third-order valence-corrected chi connectivity index (χ3v) is 3.33. The molecule has 0 aliphatic rings. The van der Waals surface area contributed by atoms with Crippen LogP contribution in [0, 0.1) is 11.8 Å². The van der Waals surface area contributed by atoms with Crippen molar-refractivity contribution in [3.8, 4) is 11.8 Å². The van der Waals surface area contributed by atoms with Crippen molar-refractivity contribution in [1.29, 1.82) is 0 Å². The number of hydrogen-bond donors (Lipinski definition) is 2. The molecule has 0 aliphatic carbocycles. The average molecular weight is 341 g/mol. The van der Waals surface area contributed by atoms with Crippen LogP contribution in [0.1, 0.15) is 44.2 Å². The van der Waals surface area contributed by atoms with Crippen LogP contribution in [0.2, 0.25) is 0 Å². The predicted octanol–water partition coefficient (Wildman–Crippen LogP) is 3.20. The van der Waals surface area contributed by atoms with Crippen LogP contribution in [-0.4, -0.2) is 29.3 Å². The van der Waals surface area contributed by atoms with Crippen molar-refractivity contribution in [3.63, 3.8) is 0 Å². The summed E-state index contributed by atoms with van der Waals surface area (Å²) in [5.41, 5.74) is 0.619. The van der Waals surface area contributed by atoms with Crippen LogP contribution in [-0.2, 0) is 11.2 Å². The predicted molar refractivity (Wildman–Crippen MR) is 86.2 cm³/mol. The molecule has 0 heterocycles. The van der Waals surface area contributed by atoms with Gasteiger partial charge in [-0.1, -0.05) is 37.3 Å². The van der Waals surface area contributed by atoms with Crippen molar-refractivity contribution in [3.05, 3.63) is 35.4 Å². The summed E-state index contributed by atoms with van der Waals surface area (Å²) in [7, 11) is 0. The fourth-order valence-electron chi connectivity index (χ4n) is 2.16. The van der Waals surface area contributed by atoms with Crippen molar-refractivity contribution in [1.82, 2.24) is 5.32 Å². The van der Waals surface area contributed by atoms with E-state index in [-0.39, 0.29) is 6.54 Å². The minimum absolute atomic E-state index is 0.0422. The molecule has 0 saturated carbocycles. The zero-order chi connectivity index (χ0) is 18.2. The molecule has 0 aromatic heterocycles. The molecule has 0 radical (unpaired) electrons. The van der Waals surface area contributed by atoms with Gasteiger partial charge in [-0.15, -0.1) is 0 Å². The third kappa shape index (κ3) is 7.51. The normalized spacial score (nSPS) is 13.6. The highest BCUT2D eigenvalue weighted by Crippen LogP contribution is 2.14. The number of carbonyl (C=O) groups is 1. The monoisotopic (exact) mass is 341 g/mol. The Hall–Kier alpha value is -2.00. The van der Waals surface area contributed by atoms with Crippen molar-refractivity contribution < 1.29 is 23.1 Å². The molecule has 24 heavy (non-hydrogen) atoms. The molecule has 1 aromatic carbocycles. The smallest absolute Gasteiger partial charge is 0.378 e. The van der Waals surface area contributed by atoms with Gasteiger partial charge >= 0.3 is 12.1 Å². The number of amides is 1. The molecule has 0 aliphatic heterocycles. The van der Waals surface area contributed by atoms with E-state index < -0.39 is 17.7 Å². The minimum Gasteiger partial charge on any atom is -0.378 e. The van der Waals surface area contributed by atoms with Gasteiger partial charge in [0.15, 0.2) is 0 Å². The second-order valence-electron chi connectivity index (χ2n) is 5.83. The second kappa shape index (κ2) is 8.74. The van der Waals surface area contributed by atoms with Crippen molar-refractivity contribution in [2.45, 2.75) is 51.3 Å². The van der Waals surface area contributed by atoms with Crippen molar-refractivity contribution in [2.24, 2.45) is 0 Å². The number of aryl methyl sites for hydroxylation is 1. The first-order chi connectivity index (χ1) is 11.1. The number of carbonyl (C=O) groups excluding carboxylic acids is 1. The summed E-state index contributed by atoms with van der Waals surface area (Å²) in [4.78, 5) is 10.7. The largest absolute Gasteiger partial charge is 0.471 e. The highest BCUT2D eigenvalue weighted by molar-refractivity contribution is 5.81. The summed E-state index contributed by atoms with van der Waals surface area (Å²) in [6, 6.07) is 7.30. The summed E-state index contributed by atoms with van der Waals surface area (Å²) in [6.07, 6.45) is -2.51. The van der Waals surface area contributed by atoms with Gasteiger partial charge in [-0.2, -0.15) is 13.2 Å². The van der Waals surface area contributed by atoms with Gasteiger partial charge in [0, 0.05) is 12.1 Å². The maximum Gasteiger partial charge on any atom is 0.471 e. The standard InChI is InChI=1S/C18H22F3NO2/c1-3-10-17(2,24)11-9-15-7-4-6-14(13-15)8-5-12-22-16(23)18(19,20)21/h4,6-7,13,24H,3,5,8,10,12H2,1-2H3,(H,22,23). The quantitative estimate of drug-likeness (QED) is 0.617. The summed E-state index contributed by atoms with van der Waals surface area (Å²) in [5.74, 6) is 3.83. The molecule has 1 unspecified atom stereocenters. The fourth-order valence-corrected chi connectivity index (χ4v) is 2.16. The fraction of sp³-hybridized carbons (Fsp3) is 0.500. The first kappa shape index (κ1) is 20.0. The lowest BCUT2D eigenvalue weighted by Crippen LogP contribution is -2.37. The molecular weight excluding hydrogens is 319 g/mol. The van der Waals surface area contributed by atoms with Gasteiger partial charge in [0.1, 0.15) is 5.60 Å². The van der Waals surface area contributed by atoms with Gasteiger partial charge in [-0.3, -0.25) is 4.79 Å². The molecule has 2 N–H and O–H groups in total. The van der Waals surface area contributed by atoms with E-state index in [9.17, 15) is 23.1 Å². The lowest BCUT2D eigenvalue weighted by atomic mass is 10.0. The second-order valence-corrected chi connectivity index (χ2v) is 5.83. The van der Waals surface area contributed by atoms with Gasteiger partial charge in [-0.25, -0.2) is 0 Å². The van der Waals surface area contributed by atoms with Gasteiger partial charge < -0.3 is 10.4 Å². The van der Waals surface area contributed by atoms with E-state index in [0.29, 0.717) is 19.3 Å². The van der Waals surface area contributed by atoms with Crippen LogP contribution in [0.5, 0.6) is 0 Å². The van der Waals surface area contributed by atoms with Crippen molar-refractivity contribution in [2.75, 3.05) is 6.54 Å². The lowest BCUT2D eigenvalue weighted by molar-refractivity contribution is -0.173. The molecular formula is C18H22F3NO2. The van der Waals surface area contributed by atoms with Crippen LogP contribution in [0.4, 0.5) is 13.2 Å². The number of hydrogen-bond acceptors (Lipinski definition) is 2. The van der Waals surface area contributed by atoms with Gasteiger partial charge in [0.05, 0.1) is 0 Å². The number of nitrogens with one attached hydrogen (secondary N) is 1. The lowest BCUT2D eigenvalue weighted by Gasteiger charge is -2.14. The highest BCUT2D eigenvalue weighted by atomic mass is 19.4. The number of alkyl halides is 3. The SMILES string of the molecule is CCCC(C)(O)C#Cc1cccc(CCCNC(=O)C(F)(F)F)c1. The summed E-state index contributed by atoms with van der Waals surface area (Å²) < 4.78 is 36.1. The molecule has 6 heteroatoms. The maximum absolute atomic E-state index is 12.0. The van der Waals surface area contributed by atoms with Crippen molar-refractivity contribution >= 4 is 5.91 Å². The Kier molecular flexibility index (Phi) is 7.30. The molecule has 1 atom stereocenters. The van der Waals surface area contributed by atoms with Gasteiger partial charge in [0.2, 0.25) is 0 Å². The van der Waals surface area contributed by atoms with Crippen LogP contribution in [0.3, 0.4) is 0 Å². The van der Waals surface area contributed by atoms with E-state index >= 15 is 0 Å². The van der Waals surface area contributed by atoms with E-state index in [1.807, 2.05) is 36.5 Å². The first-order valence-corrected chi connectivity index (χ1v) is 7.83. The Morgan fingerprint density at radius 1 is 1.33 bits per heavy atom. The first-order valence-electron chi connectivity index (χ1n) is 7.83. The zero-order valence-electron chi connectivity index (χ0n) is 13.8. The molecule has 3 nitrogen and oxygen atoms in total. The third-order valence-electron chi connectivity index (χ3n) is 3.33. The van der Waals surface area contributed by atoms with Crippen LogP contribution < -0.4 is 5.32 Å². The molecule has 0 fully saturated rings.